The fraction of sp³-hybridized carbons (Fsp3) is 1.00. The highest BCUT2D eigenvalue weighted by atomic mass is 16.5. The molecule has 0 aliphatic rings. The summed E-state index contributed by atoms with van der Waals surface area (Å²) in [6.07, 6.45) is 19.4. The highest BCUT2D eigenvalue weighted by Gasteiger charge is 2.37. The van der Waals surface area contributed by atoms with Gasteiger partial charge in [0.05, 0.1) is 11.7 Å². The van der Waals surface area contributed by atoms with E-state index in [4.69, 9.17) is 9.47 Å². The normalized spacial score (nSPS) is 13.4. The van der Waals surface area contributed by atoms with Gasteiger partial charge in [-0.2, -0.15) is 0 Å². The van der Waals surface area contributed by atoms with Gasteiger partial charge in [-0.1, -0.05) is 97.8 Å². The number of hydrogen-bond acceptors (Lipinski definition) is 2. The molecule has 1 unspecified atom stereocenters. The molecule has 0 aromatic carbocycles. The zero-order chi connectivity index (χ0) is 18.1. The van der Waals surface area contributed by atoms with Crippen molar-refractivity contribution in [2.75, 3.05) is 14.2 Å². The van der Waals surface area contributed by atoms with Crippen LogP contribution < -0.4 is 0 Å². The lowest BCUT2D eigenvalue weighted by Crippen LogP contribution is -2.45. The number of ether oxygens (including phenoxy) is 2. The second-order valence-electron chi connectivity index (χ2n) is 7.46. The first-order valence-corrected chi connectivity index (χ1v) is 10.8. The van der Waals surface area contributed by atoms with Crippen LogP contribution in [0.4, 0.5) is 0 Å². The van der Waals surface area contributed by atoms with Crippen molar-refractivity contribution >= 4 is 0 Å². The molecule has 0 aromatic rings. The molecule has 146 valence electrons. The third-order valence-corrected chi connectivity index (χ3v) is 5.50. The van der Waals surface area contributed by atoms with Crippen LogP contribution in [0.15, 0.2) is 0 Å². The summed E-state index contributed by atoms with van der Waals surface area (Å²) in [4.78, 5) is 0. The number of rotatable bonds is 18. The van der Waals surface area contributed by atoms with E-state index in [1.165, 1.54) is 77.0 Å². The van der Waals surface area contributed by atoms with Crippen molar-refractivity contribution in [3.8, 4) is 0 Å². The standard InChI is InChI=1S/C22H46O2/c1-6-9-12-13-14-15-18-21(23-4)22(24-5,19-16-10-7-2)20-17-11-8-3/h21H,6-20H2,1-5H3. The largest absolute Gasteiger partial charge is 0.378 e. The summed E-state index contributed by atoms with van der Waals surface area (Å²) in [5.74, 6) is 0. The molecule has 0 aliphatic heterocycles. The second kappa shape index (κ2) is 16.4. The summed E-state index contributed by atoms with van der Waals surface area (Å²) in [6.45, 7) is 6.83. The lowest BCUT2D eigenvalue weighted by atomic mass is 9.82. The van der Waals surface area contributed by atoms with Gasteiger partial charge < -0.3 is 9.47 Å². The number of hydrogen-bond donors (Lipinski definition) is 0. The topological polar surface area (TPSA) is 18.5 Å². The van der Waals surface area contributed by atoms with Crippen molar-refractivity contribution in [3.05, 3.63) is 0 Å². The van der Waals surface area contributed by atoms with Crippen LogP contribution in [0.5, 0.6) is 0 Å². The van der Waals surface area contributed by atoms with E-state index in [0.29, 0.717) is 0 Å². The first kappa shape index (κ1) is 23.9. The van der Waals surface area contributed by atoms with E-state index in [9.17, 15) is 0 Å². The molecule has 24 heavy (non-hydrogen) atoms. The van der Waals surface area contributed by atoms with Crippen molar-refractivity contribution in [1.82, 2.24) is 0 Å². The predicted molar refractivity (Wildman–Crippen MR) is 107 cm³/mol. The van der Waals surface area contributed by atoms with Crippen LogP contribution in [0, 0.1) is 0 Å². The average molecular weight is 343 g/mol. The Labute approximate surface area is 153 Å². The maximum absolute atomic E-state index is 6.15. The van der Waals surface area contributed by atoms with Crippen molar-refractivity contribution in [2.24, 2.45) is 0 Å². The highest BCUT2D eigenvalue weighted by Crippen LogP contribution is 2.34. The predicted octanol–water partition coefficient (Wildman–Crippen LogP) is 7.30. The molecular formula is C22H46O2. The average Bonchev–Trinajstić information content (AvgIpc) is 2.60. The molecule has 0 fully saturated rings. The molecule has 0 heterocycles. The van der Waals surface area contributed by atoms with E-state index < -0.39 is 0 Å². The maximum Gasteiger partial charge on any atom is 0.0938 e. The highest BCUT2D eigenvalue weighted by molar-refractivity contribution is 4.89. The Morgan fingerprint density at radius 2 is 1.08 bits per heavy atom. The van der Waals surface area contributed by atoms with Crippen molar-refractivity contribution < 1.29 is 9.47 Å². The molecule has 0 saturated heterocycles. The fourth-order valence-electron chi connectivity index (χ4n) is 3.84. The van der Waals surface area contributed by atoms with Crippen molar-refractivity contribution in [2.45, 2.75) is 129 Å². The van der Waals surface area contributed by atoms with Crippen molar-refractivity contribution in [1.29, 1.82) is 0 Å². The molecule has 1 atom stereocenters. The third kappa shape index (κ3) is 10.0. The zero-order valence-corrected chi connectivity index (χ0v) is 17.5. The Hall–Kier alpha value is -0.0800. The molecule has 0 N–H and O–H groups in total. The minimum Gasteiger partial charge on any atom is -0.378 e. The molecule has 0 aromatic heterocycles. The van der Waals surface area contributed by atoms with E-state index in [1.54, 1.807) is 0 Å². The summed E-state index contributed by atoms with van der Waals surface area (Å²) in [5.41, 5.74) is -0.0670. The molecular weight excluding hydrogens is 296 g/mol. The van der Waals surface area contributed by atoms with E-state index in [-0.39, 0.29) is 11.7 Å². The van der Waals surface area contributed by atoms with Gasteiger partial charge in [0.25, 0.3) is 0 Å². The number of methoxy groups -OCH3 is 2. The van der Waals surface area contributed by atoms with Gasteiger partial charge in [0.15, 0.2) is 0 Å². The SMILES string of the molecule is CCCCCCCCC(OC)C(CCCCC)(CCCCC)OC. The smallest absolute Gasteiger partial charge is 0.0938 e. The van der Waals surface area contributed by atoms with Crippen molar-refractivity contribution in [3.63, 3.8) is 0 Å². The Morgan fingerprint density at radius 3 is 1.54 bits per heavy atom. The van der Waals surface area contributed by atoms with Gasteiger partial charge in [-0.15, -0.1) is 0 Å². The van der Waals surface area contributed by atoms with Gasteiger partial charge in [0, 0.05) is 14.2 Å². The van der Waals surface area contributed by atoms with Gasteiger partial charge in [0.2, 0.25) is 0 Å². The summed E-state index contributed by atoms with van der Waals surface area (Å²) in [5, 5.41) is 0. The summed E-state index contributed by atoms with van der Waals surface area (Å²) in [6, 6.07) is 0. The summed E-state index contributed by atoms with van der Waals surface area (Å²) in [7, 11) is 3.79. The summed E-state index contributed by atoms with van der Waals surface area (Å²) >= 11 is 0. The van der Waals surface area contributed by atoms with Crippen LogP contribution in [0.3, 0.4) is 0 Å². The number of unbranched alkanes of at least 4 members (excludes halogenated alkanes) is 9. The molecule has 2 nitrogen and oxygen atoms in total. The second-order valence-corrected chi connectivity index (χ2v) is 7.46. The molecule has 0 amide bonds. The molecule has 0 saturated carbocycles. The fourth-order valence-corrected chi connectivity index (χ4v) is 3.84. The third-order valence-electron chi connectivity index (χ3n) is 5.50. The zero-order valence-electron chi connectivity index (χ0n) is 17.5. The molecule has 0 radical (unpaired) electrons. The lowest BCUT2D eigenvalue weighted by molar-refractivity contribution is -0.131. The van der Waals surface area contributed by atoms with Gasteiger partial charge in [-0.25, -0.2) is 0 Å². The monoisotopic (exact) mass is 342 g/mol. The first-order valence-electron chi connectivity index (χ1n) is 10.8. The van der Waals surface area contributed by atoms with Crippen LogP contribution in [0.1, 0.15) is 117 Å². The van der Waals surface area contributed by atoms with Crippen LogP contribution in [-0.4, -0.2) is 25.9 Å². The van der Waals surface area contributed by atoms with Gasteiger partial charge >= 0.3 is 0 Å². The van der Waals surface area contributed by atoms with Crippen LogP contribution in [0.25, 0.3) is 0 Å². The van der Waals surface area contributed by atoms with Gasteiger partial charge in [0.1, 0.15) is 0 Å². The van der Waals surface area contributed by atoms with E-state index in [0.717, 1.165) is 19.3 Å². The van der Waals surface area contributed by atoms with E-state index in [1.807, 2.05) is 14.2 Å². The first-order chi connectivity index (χ1) is 11.7. The molecule has 0 bridgehead atoms. The van der Waals surface area contributed by atoms with E-state index in [2.05, 4.69) is 20.8 Å². The van der Waals surface area contributed by atoms with Crippen LogP contribution in [-0.2, 0) is 9.47 Å². The van der Waals surface area contributed by atoms with E-state index >= 15 is 0 Å². The molecule has 0 spiro atoms. The quantitative estimate of drug-likeness (QED) is 0.243. The van der Waals surface area contributed by atoms with Crippen LogP contribution in [0.2, 0.25) is 0 Å². The Balaban J connectivity index is 4.57. The van der Waals surface area contributed by atoms with Gasteiger partial charge in [-0.05, 0) is 19.3 Å². The van der Waals surface area contributed by atoms with Gasteiger partial charge in [-0.3, -0.25) is 0 Å². The Kier molecular flexibility index (Phi) is 16.3. The minimum atomic E-state index is -0.0670. The Bertz CT molecular complexity index is 242. The maximum atomic E-state index is 6.15. The molecule has 2 heteroatoms. The Morgan fingerprint density at radius 1 is 0.625 bits per heavy atom. The summed E-state index contributed by atoms with van der Waals surface area (Å²) < 4.78 is 12.1. The molecule has 0 aliphatic carbocycles. The minimum absolute atomic E-state index is 0.0670. The van der Waals surface area contributed by atoms with Crippen LogP contribution >= 0.6 is 0 Å². The molecule has 0 rings (SSSR count). The lowest BCUT2D eigenvalue weighted by Gasteiger charge is -2.39.